The highest BCUT2D eigenvalue weighted by molar-refractivity contribution is 5.77. The maximum atomic E-state index is 12.1. The quantitative estimate of drug-likeness (QED) is 0.0948. The van der Waals surface area contributed by atoms with Gasteiger partial charge in [0.25, 0.3) is 5.91 Å². The fourth-order valence-corrected chi connectivity index (χ4v) is 5.91. The lowest BCUT2D eigenvalue weighted by atomic mass is 10.0. The topological polar surface area (TPSA) is 56.2 Å². The lowest BCUT2D eigenvalue weighted by Gasteiger charge is -2.10. The highest BCUT2D eigenvalue weighted by atomic mass is 16.5. The van der Waals surface area contributed by atoms with E-state index in [0.717, 1.165) is 43.5 Å². The van der Waals surface area contributed by atoms with Gasteiger partial charge in [0, 0.05) is 19.5 Å². The summed E-state index contributed by atoms with van der Waals surface area (Å²) in [6.45, 7) is 4.10. The van der Waals surface area contributed by atoms with Crippen LogP contribution >= 0.6 is 0 Å². The van der Waals surface area contributed by atoms with E-state index in [4.69, 9.17) is 9.72 Å². The van der Waals surface area contributed by atoms with Crippen LogP contribution in [0, 0.1) is 0 Å². The Labute approximate surface area is 262 Å². The molecule has 0 saturated heterocycles. The first-order valence-electron chi connectivity index (χ1n) is 17.7. The van der Waals surface area contributed by atoms with Gasteiger partial charge in [-0.3, -0.25) is 4.79 Å². The number of unbranched alkanes of at least 4 members (excludes halogenated alkanes) is 17. The molecule has 1 amide bonds. The smallest absolute Gasteiger partial charge is 0.257 e. The van der Waals surface area contributed by atoms with E-state index in [1.165, 1.54) is 114 Å². The van der Waals surface area contributed by atoms with Gasteiger partial charge in [-0.15, -0.1) is 0 Å². The number of benzene rings is 2. The SMILES string of the molecule is CCCCCCCCCCCCCCCCCCn1c(CCCCCNC(=O)COc2ccccc2)nc2ccccc21. The Kier molecular flexibility index (Phi) is 18.3. The van der Waals surface area contributed by atoms with Crippen LogP contribution in [0.25, 0.3) is 11.0 Å². The Balaban J connectivity index is 1.22. The van der Waals surface area contributed by atoms with Crippen molar-refractivity contribution >= 4 is 16.9 Å². The van der Waals surface area contributed by atoms with E-state index in [1.807, 2.05) is 30.3 Å². The number of para-hydroxylation sites is 3. The van der Waals surface area contributed by atoms with Gasteiger partial charge in [0.05, 0.1) is 11.0 Å². The molecule has 0 atom stereocenters. The normalized spacial score (nSPS) is 11.3. The molecule has 3 rings (SSSR count). The third-order valence-corrected chi connectivity index (χ3v) is 8.48. The molecule has 0 unspecified atom stereocenters. The van der Waals surface area contributed by atoms with E-state index >= 15 is 0 Å². The molecule has 5 nitrogen and oxygen atoms in total. The Hall–Kier alpha value is -2.82. The molecule has 0 spiro atoms. The molecule has 2 aromatic carbocycles. The van der Waals surface area contributed by atoms with Gasteiger partial charge in [0.1, 0.15) is 11.6 Å². The van der Waals surface area contributed by atoms with Crippen molar-refractivity contribution in [3.8, 4) is 5.75 Å². The number of hydrogen-bond acceptors (Lipinski definition) is 3. The standard InChI is InChI=1S/C38H59N3O2/c1-2-3-4-5-6-7-8-9-10-11-12-13-14-15-16-25-32-41-36-29-23-22-28-35(36)40-37(41)30-21-18-24-31-39-38(42)33-43-34-26-19-17-20-27-34/h17,19-20,22-23,26-29H,2-16,18,21,24-25,30-33H2,1H3,(H,39,42). The highest BCUT2D eigenvalue weighted by Crippen LogP contribution is 2.20. The molecule has 0 aliphatic carbocycles. The molecule has 0 bridgehead atoms. The molecule has 1 aromatic heterocycles. The molecule has 5 heteroatoms. The zero-order valence-electron chi connectivity index (χ0n) is 27.2. The first-order valence-corrected chi connectivity index (χ1v) is 17.7. The average Bonchev–Trinajstić information content (AvgIpc) is 3.39. The molecule has 0 aliphatic rings. The third-order valence-electron chi connectivity index (χ3n) is 8.48. The summed E-state index contributed by atoms with van der Waals surface area (Å²) in [6.07, 6.45) is 26.5. The third kappa shape index (κ3) is 15.0. The van der Waals surface area contributed by atoms with E-state index in [-0.39, 0.29) is 12.5 Å². The zero-order valence-corrected chi connectivity index (χ0v) is 27.2. The molecule has 0 aliphatic heterocycles. The van der Waals surface area contributed by atoms with Gasteiger partial charge in [-0.25, -0.2) is 4.98 Å². The number of amides is 1. The van der Waals surface area contributed by atoms with E-state index in [2.05, 4.69) is 41.1 Å². The largest absolute Gasteiger partial charge is 0.484 e. The Morgan fingerprint density at radius 1 is 0.674 bits per heavy atom. The number of fused-ring (bicyclic) bond motifs is 1. The Bertz CT molecular complexity index is 1110. The average molecular weight is 590 g/mol. The molecule has 43 heavy (non-hydrogen) atoms. The van der Waals surface area contributed by atoms with Gasteiger partial charge in [0.15, 0.2) is 6.61 Å². The summed E-state index contributed by atoms with van der Waals surface area (Å²) in [7, 11) is 0. The zero-order chi connectivity index (χ0) is 30.2. The van der Waals surface area contributed by atoms with Crippen LogP contribution in [0.5, 0.6) is 5.75 Å². The minimum absolute atomic E-state index is 0.0629. The van der Waals surface area contributed by atoms with Crippen molar-refractivity contribution in [2.24, 2.45) is 0 Å². The molecule has 1 N–H and O–H groups in total. The molecule has 0 radical (unpaired) electrons. The summed E-state index contributed by atoms with van der Waals surface area (Å²) in [5, 5.41) is 2.97. The number of nitrogens with one attached hydrogen (secondary N) is 1. The second kappa shape index (κ2) is 22.7. The lowest BCUT2D eigenvalue weighted by Crippen LogP contribution is -2.29. The van der Waals surface area contributed by atoms with Gasteiger partial charge >= 0.3 is 0 Å². The van der Waals surface area contributed by atoms with Gasteiger partial charge < -0.3 is 14.6 Å². The number of aryl methyl sites for hydroxylation is 2. The van der Waals surface area contributed by atoms with Crippen LogP contribution in [0.1, 0.15) is 135 Å². The number of carbonyl (C=O) groups excluding carboxylic acids is 1. The second-order valence-corrected chi connectivity index (χ2v) is 12.2. The number of aromatic nitrogens is 2. The van der Waals surface area contributed by atoms with E-state index in [9.17, 15) is 4.79 Å². The van der Waals surface area contributed by atoms with Crippen LogP contribution < -0.4 is 10.1 Å². The highest BCUT2D eigenvalue weighted by Gasteiger charge is 2.10. The van der Waals surface area contributed by atoms with Crippen molar-refractivity contribution in [1.82, 2.24) is 14.9 Å². The van der Waals surface area contributed by atoms with Crippen molar-refractivity contribution in [1.29, 1.82) is 0 Å². The van der Waals surface area contributed by atoms with Crippen LogP contribution in [0.15, 0.2) is 54.6 Å². The van der Waals surface area contributed by atoms with E-state index in [1.54, 1.807) is 0 Å². The molecule has 0 fully saturated rings. The van der Waals surface area contributed by atoms with Crippen LogP contribution in [0.2, 0.25) is 0 Å². The predicted molar refractivity (Wildman–Crippen MR) is 182 cm³/mol. The monoisotopic (exact) mass is 589 g/mol. The number of hydrogen-bond donors (Lipinski definition) is 1. The van der Waals surface area contributed by atoms with Gasteiger partial charge in [-0.05, 0) is 43.5 Å². The van der Waals surface area contributed by atoms with Gasteiger partial charge in [-0.1, -0.05) is 140 Å². The summed E-state index contributed by atoms with van der Waals surface area (Å²) >= 11 is 0. The Morgan fingerprint density at radius 3 is 1.88 bits per heavy atom. The first-order chi connectivity index (χ1) is 21.3. The van der Waals surface area contributed by atoms with E-state index in [0.29, 0.717) is 6.54 Å². The molecular weight excluding hydrogens is 530 g/mol. The number of nitrogens with zero attached hydrogens (tertiary/aromatic N) is 2. The van der Waals surface area contributed by atoms with Crippen LogP contribution in [-0.4, -0.2) is 28.6 Å². The molecule has 1 heterocycles. The van der Waals surface area contributed by atoms with Crippen molar-refractivity contribution in [3.63, 3.8) is 0 Å². The maximum Gasteiger partial charge on any atom is 0.257 e. The number of imidazole rings is 1. The molecule has 3 aromatic rings. The van der Waals surface area contributed by atoms with E-state index < -0.39 is 0 Å². The molecule has 0 saturated carbocycles. The Morgan fingerprint density at radius 2 is 1.23 bits per heavy atom. The minimum Gasteiger partial charge on any atom is -0.484 e. The number of rotatable bonds is 26. The van der Waals surface area contributed by atoms with Crippen LogP contribution in [0.4, 0.5) is 0 Å². The molecular formula is C38H59N3O2. The van der Waals surface area contributed by atoms with Crippen molar-refractivity contribution < 1.29 is 9.53 Å². The van der Waals surface area contributed by atoms with Crippen molar-refractivity contribution in [2.75, 3.05) is 13.2 Å². The van der Waals surface area contributed by atoms with Crippen LogP contribution in [-0.2, 0) is 17.8 Å². The summed E-state index contributed by atoms with van der Waals surface area (Å²) in [5.41, 5.74) is 2.38. The second-order valence-electron chi connectivity index (χ2n) is 12.2. The summed E-state index contributed by atoms with van der Waals surface area (Å²) in [4.78, 5) is 17.0. The predicted octanol–water partition coefficient (Wildman–Crippen LogP) is 10.2. The summed E-state index contributed by atoms with van der Waals surface area (Å²) < 4.78 is 7.98. The van der Waals surface area contributed by atoms with Crippen LogP contribution in [0.3, 0.4) is 0 Å². The lowest BCUT2D eigenvalue weighted by molar-refractivity contribution is -0.123. The number of ether oxygens (including phenoxy) is 1. The minimum atomic E-state index is -0.0653. The van der Waals surface area contributed by atoms with Crippen molar-refractivity contribution in [2.45, 2.75) is 142 Å². The maximum absolute atomic E-state index is 12.1. The fourth-order valence-electron chi connectivity index (χ4n) is 5.91. The van der Waals surface area contributed by atoms with Crippen molar-refractivity contribution in [3.05, 3.63) is 60.4 Å². The number of carbonyl (C=O) groups is 1. The van der Waals surface area contributed by atoms with Gasteiger partial charge in [0.2, 0.25) is 0 Å². The summed E-state index contributed by atoms with van der Waals surface area (Å²) in [5.74, 6) is 1.87. The van der Waals surface area contributed by atoms with Gasteiger partial charge in [-0.2, -0.15) is 0 Å². The molecule has 238 valence electrons. The summed E-state index contributed by atoms with van der Waals surface area (Å²) in [6, 6.07) is 18.0. The first kappa shape index (κ1) is 34.7. The fraction of sp³-hybridized carbons (Fsp3) is 0.632.